The van der Waals surface area contributed by atoms with E-state index in [1.165, 1.54) is 6.92 Å². The summed E-state index contributed by atoms with van der Waals surface area (Å²) in [6, 6.07) is 11.0. The normalized spacial score (nSPS) is 13.0. The number of hydrogen-bond acceptors (Lipinski definition) is 6. The number of benzene rings is 2. The van der Waals surface area contributed by atoms with Crippen molar-refractivity contribution in [3.8, 4) is 17.2 Å². The average molecular weight is 385 g/mol. The molecule has 28 heavy (non-hydrogen) atoms. The van der Waals surface area contributed by atoms with Crippen LogP contribution in [0.15, 0.2) is 36.4 Å². The molecule has 1 atom stereocenters. The van der Waals surface area contributed by atoms with Gasteiger partial charge in [-0.2, -0.15) is 0 Å². The predicted octanol–water partition coefficient (Wildman–Crippen LogP) is 2.66. The molecule has 0 spiro atoms. The first kappa shape index (κ1) is 19.5. The maximum Gasteiger partial charge on any atom is 0.344 e. The second kappa shape index (κ2) is 8.65. The van der Waals surface area contributed by atoms with E-state index in [4.69, 9.17) is 18.9 Å². The van der Waals surface area contributed by atoms with Gasteiger partial charge in [-0.25, -0.2) is 4.79 Å². The van der Waals surface area contributed by atoms with E-state index >= 15 is 0 Å². The number of fused-ring (bicyclic) bond motifs is 1. The number of carbonyl (C=O) groups is 2. The monoisotopic (exact) mass is 385 g/mol. The lowest BCUT2D eigenvalue weighted by molar-refractivity contribution is -0.156. The quantitative estimate of drug-likeness (QED) is 0.738. The molecule has 1 N–H and O–H groups in total. The van der Waals surface area contributed by atoms with Gasteiger partial charge in [0.05, 0.1) is 0 Å². The van der Waals surface area contributed by atoms with Crippen LogP contribution in [0.4, 0.5) is 0 Å². The fourth-order valence-corrected chi connectivity index (χ4v) is 2.61. The average Bonchev–Trinajstić information content (AvgIpc) is 3.14. The van der Waals surface area contributed by atoms with Crippen LogP contribution in [0.3, 0.4) is 0 Å². The highest BCUT2D eigenvalue weighted by atomic mass is 16.7. The van der Waals surface area contributed by atoms with Crippen LogP contribution in [0.25, 0.3) is 0 Å². The molecule has 1 aliphatic rings. The summed E-state index contributed by atoms with van der Waals surface area (Å²) < 4.78 is 21.1. The fraction of sp³-hybridized carbons (Fsp3) is 0.333. The number of ether oxygens (including phenoxy) is 4. The molecule has 0 aliphatic carbocycles. The van der Waals surface area contributed by atoms with Gasteiger partial charge in [0.15, 0.2) is 24.2 Å². The number of aryl methyl sites for hydroxylation is 2. The van der Waals surface area contributed by atoms with Gasteiger partial charge in [-0.15, -0.1) is 0 Å². The van der Waals surface area contributed by atoms with Crippen molar-refractivity contribution in [3.05, 3.63) is 53.1 Å². The van der Waals surface area contributed by atoms with E-state index < -0.39 is 18.0 Å². The van der Waals surface area contributed by atoms with Crippen LogP contribution in [0.2, 0.25) is 0 Å². The Morgan fingerprint density at radius 1 is 1.07 bits per heavy atom. The van der Waals surface area contributed by atoms with Gasteiger partial charge < -0.3 is 24.3 Å². The third kappa shape index (κ3) is 4.94. The van der Waals surface area contributed by atoms with E-state index in [-0.39, 0.29) is 19.9 Å². The van der Waals surface area contributed by atoms with Gasteiger partial charge in [0, 0.05) is 6.54 Å². The SMILES string of the molecule is Cc1ccc(OCC(=O)OC(C)C(=O)NCc2ccc3c(c2)OCO3)cc1C. The summed E-state index contributed by atoms with van der Waals surface area (Å²) in [5.74, 6) is 0.914. The number of rotatable bonds is 7. The zero-order chi connectivity index (χ0) is 20.1. The highest BCUT2D eigenvalue weighted by Crippen LogP contribution is 2.32. The summed E-state index contributed by atoms with van der Waals surface area (Å²) in [6.45, 7) is 5.70. The van der Waals surface area contributed by atoms with Crippen LogP contribution >= 0.6 is 0 Å². The van der Waals surface area contributed by atoms with E-state index in [1.807, 2.05) is 32.0 Å². The first-order valence-electron chi connectivity index (χ1n) is 8.98. The van der Waals surface area contributed by atoms with Crippen LogP contribution in [0.5, 0.6) is 17.2 Å². The summed E-state index contributed by atoms with van der Waals surface area (Å²) in [6.07, 6.45) is -0.926. The van der Waals surface area contributed by atoms with E-state index in [1.54, 1.807) is 18.2 Å². The van der Waals surface area contributed by atoms with Gasteiger partial charge in [-0.1, -0.05) is 12.1 Å². The van der Waals surface area contributed by atoms with Gasteiger partial charge >= 0.3 is 5.97 Å². The second-order valence-electron chi connectivity index (χ2n) is 6.57. The molecule has 0 saturated carbocycles. The van der Waals surface area contributed by atoms with Crippen LogP contribution in [-0.2, 0) is 20.9 Å². The smallest absolute Gasteiger partial charge is 0.344 e. The van der Waals surface area contributed by atoms with Crippen molar-refractivity contribution in [2.75, 3.05) is 13.4 Å². The number of nitrogens with one attached hydrogen (secondary N) is 1. The molecular weight excluding hydrogens is 362 g/mol. The summed E-state index contributed by atoms with van der Waals surface area (Å²) >= 11 is 0. The summed E-state index contributed by atoms with van der Waals surface area (Å²) in [7, 11) is 0. The molecule has 0 bridgehead atoms. The van der Waals surface area contributed by atoms with E-state index in [2.05, 4.69) is 5.32 Å². The van der Waals surface area contributed by atoms with Gasteiger partial charge in [0.2, 0.25) is 6.79 Å². The Bertz CT molecular complexity index is 879. The van der Waals surface area contributed by atoms with Crippen molar-refractivity contribution >= 4 is 11.9 Å². The Labute approximate surface area is 163 Å². The minimum absolute atomic E-state index is 0.197. The van der Waals surface area contributed by atoms with Gasteiger partial charge in [0.25, 0.3) is 5.91 Å². The number of carbonyl (C=O) groups excluding carboxylic acids is 2. The molecule has 7 heteroatoms. The first-order valence-corrected chi connectivity index (χ1v) is 8.98. The Balaban J connectivity index is 1.43. The Morgan fingerprint density at radius 3 is 2.64 bits per heavy atom. The van der Waals surface area contributed by atoms with Crippen molar-refractivity contribution in [2.45, 2.75) is 33.4 Å². The highest BCUT2D eigenvalue weighted by molar-refractivity contribution is 5.83. The Kier molecular flexibility index (Phi) is 6.03. The van der Waals surface area contributed by atoms with Crippen molar-refractivity contribution in [1.29, 1.82) is 0 Å². The van der Waals surface area contributed by atoms with Crippen LogP contribution in [0, 0.1) is 13.8 Å². The second-order valence-corrected chi connectivity index (χ2v) is 6.57. The van der Waals surface area contributed by atoms with Gasteiger partial charge in [0.1, 0.15) is 5.75 Å². The van der Waals surface area contributed by atoms with E-state index in [9.17, 15) is 9.59 Å². The summed E-state index contributed by atoms with van der Waals surface area (Å²) in [5, 5.41) is 2.73. The minimum Gasteiger partial charge on any atom is -0.482 e. The molecule has 0 aromatic heterocycles. The van der Waals surface area contributed by atoms with E-state index in [0.29, 0.717) is 17.2 Å². The van der Waals surface area contributed by atoms with Gasteiger partial charge in [-0.05, 0) is 61.7 Å². The largest absolute Gasteiger partial charge is 0.482 e. The third-order valence-electron chi connectivity index (χ3n) is 4.42. The molecule has 1 unspecified atom stereocenters. The third-order valence-corrected chi connectivity index (χ3v) is 4.42. The topological polar surface area (TPSA) is 83.1 Å². The van der Waals surface area contributed by atoms with Crippen LogP contribution in [0.1, 0.15) is 23.6 Å². The highest BCUT2D eigenvalue weighted by Gasteiger charge is 2.19. The maximum atomic E-state index is 12.2. The van der Waals surface area contributed by atoms with Crippen LogP contribution < -0.4 is 19.5 Å². The molecule has 3 rings (SSSR count). The predicted molar refractivity (Wildman–Crippen MR) is 101 cm³/mol. The van der Waals surface area contributed by atoms with Crippen LogP contribution in [-0.4, -0.2) is 31.4 Å². The first-order chi connectivity index (χ1) is 13.4. The molecule has 0 fully saturated rings. The Morgan fingerprint density at radius 2 is 1.86 bits per heavy atom. The molecule has 0 saturated heterocycles. The van der Waals surface area contributed by atoms with E-state index in [0.717, 1.165) is 16.7 Å². The van der Waals surface area contributed by atoms with Crippen molar-refractivity contribution in [3.63, 3.8) is 0 Å². The standard InChI is InChI=1S/C21H23NO6/c1-13-4-6-17(8-14(13)2)25-11-20(23)28-15(3)21(24)22-10-16-5-7-18-19(9-16)27-12-26-18/h4-9,15H,10-12H2,1-3H3,(H,22,24). The summed E-state index contributed by atoms with van der Waals surface area (Å²) in [4.78, 5) is 24.1. The van der Waals surface area contributed by atoms with Gasteiger partial charge in [-0.3, -0.25) is 4.79 Å². The number of hydrogen-bond donors (Lipinski definition) is 1. The molecule has 148 valence electrons. The minimum atomic E-state index is -0.926. The molecule has 1 heterocycles. The molecule has 2 aromatic rings. The fourth-order valence-electron chi connectivity index (χ4n) is 2.61. The lowest BCUT2D eigenvalue weighted by atomic mass is 10.1. The number of esters is 1. The molecule has 0 radical (unpaired) electrons. The Hall–Kier alpha value is -3.22. The molecule has 1 amide bonds. The lowest BCUT2D eigenvalue weighted by Gasteiger charge is -2.14. The lowest BCUT2D eigenvalue weighted by Crippen LogP contribution is -2.36. The summed E-state index contributed by atoms with van der Waals surface area (Å²) in [5.41, 5.74) is 3.07. The zero-order valence-electron chi connectivity index (χ0n) is 16.1. The maximum absolute atomic E-state index is 12.2. The number of amides is 1. The zero-order valence-corrected chi connectivity index (χ0v) is 16.1. The van der Waals surface area contributed by atoms with Crippen molar-refractivity contribution in [1.82, 2.24) is 5.32 Å². The molecule has 2 aromatic carbocycles. The van der Waals surface area contributed by atoms with Crippen molar-refractivity contribution < 1.29 is 28.5 Å². The molecule has 7 nitrogen and oxygen atoms in total. The molecular formula is C21H23NO6. The van der Waals surface area contributed by atoms with Crippen molar-refractivity contribution in [2.24, 2.45) is 0 Å². The molecule has 1 aliphatic heterocycles.